The van der Waals surface area contributed by atoms with Gasteiger partial charge in [0.15, 0.2) is 0 Å². The van der Waals surface area contributed by atoms with Gasteiger partial charge in [-0.3, -0.25) is 0 Å². The van der Waals surface area contributed by atoms with E-state index in [2.05, 4.69) is 0 Å². The van der Waals surface area contributed by atoms with Gasteiger partial charge >= 0.3 is 0 Å². The molecule has 0 N–H and O–H groups in total. The average Bonchev–Trinajstić information content (AvgIpc) is 0.697. The van der Waals surface area contributed by atoms with Crippen LogP contribution in [0.5, 0.6) is 0 Å². The number of hydrogen-bond donors (Lipinski definition) is 0. The van der Waals surface area contributed by atoms with Crippen molar-refractivity contribution in [2.75, 3.05) is 0 Å². The molecule has 0 aliphatic heterocycles. The lowest BCUT2D eigenvalue weighted by molar-refractivity contribution is 1.68. The summed E-state index contributed by atoms with van der Waals surface area (Å²) >= 11 is 0. The molecule has 0 radical (unpaired) electrons. The predicted octanol–water partition coefficient (Wildman–Crippen LogP) is 19.3. The summed E-state index contributed by atoms with van der Waals surface area (Å²) in [4.78, 5) is 0. The molecule has 0 saturated carbocycles. The number of rotatable bonds is 4. The Kier molecular flexibility index (Phi) is 4.16. The predicted molar refractivity (Wildman–Crippen MR) is 295 cm³/mol. The molecule has 14 aromatic rings. The molecule has 0 spiro atoms. The van der Waals surface area contributed by atoms with Gasteiger partial charge in [0.1, 0.15) is 0 Å². The minimum absolute atomic E-state index is 0.0800. The van der Waals surface area contributed by atoms with Gasteiger partial charge in [-0.25, -0.2) is 0 Å². The molecule has 0 fully saturated rings. The maximum atomic E-state index is 9.32. The van der Waals surface area contributed by atoms with Gasteiger partial charge in [0, 0.05) is 0 Å². The van der Waals surface area contributed by atoms with E-state index < -0.39 is 305 Å². The molecule has 0 atom stereocenters. The van der Waals surface area contributed by atoms with Crippen LogP contribution in [0.2, 0.25) is 0 Å². The van der Waals surface area contributed by atoms with Crippen molar-refractivity contribution in [1.82, 2.24) is 0 Å². The van der Waals surface area contributed by atoms with E-state index in [1.807, 2.05) is 18.2 Å². The third kappa shape index (κ3) is 6.61. The largest absolute Gasteiger partial charge is 0.0636 e. The van der Waals surface area contributed by atoms with Crippen molar-refractivity contribution in [2.24, 2.45) is 0 Å². The number of hydrogen-bond acceptors (Lipinski definition) is 0. The van der Waals surface area contributed by atoms with E-state index in [9.17, 15) is 8.22 Å². The molecule has 316 valence electrons. The SMILES string of the molecule is [2H]c1c([2H])c([2H])c2c([2H])c(-c3c4c([2H])c([2H])c([2H])c([2H])c4c(-c4c([2H])c([2H])c([2H])c5c([2H])c([2H])c([2H])c([2H])c45)c4c([2H])c([2H])c([2H])c([2H])c34)c([2H])c([2H])c2c1[2H].[2H]c1c([2H])c([2H])c2c([2H])c(-c3c4c([2H])c([2H])c([2H])c([2H])c4c(-c4cccc5ccccc45)c4c([2H])c([2H])c([2H])c([2H])c34)c([2H])c([2H])c2c1[2H]. The van der Waals surface area contributed by atoms with Crippen LogP contribution in [0.15, 0.2) is 266 Å². The van der Waals surface area contributed by atoms with E-state index in [1.165, 1.54) is 0 Å². The van der Waals surface area contributed by atoms with E-state index in [0.29, 0.717) is 10.9 Å². The van der Waals surface area contributed by atoms with Crippen LogP contribution >= 0.6 is 0 Å². The molecule has 0 bridgehead atoms. The van der Waals surface area contributed by atoms with E-state index in [-0.39, 0.29) is 32.7 Å². The molecule has 68 heavy (non-hydrogen) atoms. The minimum atomic E-state index is -0.915. The third-order valence-electron chi connectivity index (χ3n) is 11.4. The van der Waals surface area contributed by atoms with Crippen molar-refractivity contribution in [1.29, 1.82) is 0 Å². The monoisotopic (exact) mass is 898 g/mol. The summed E-state index contributed by atoms with van der Waals surface area (Å²) < 4.78 is 325. The van der Waals surface area contributed by atoms with Crippen LogP contribution in [0, 0.1) is 0 Å². The quantitative estimate of drug-likeness (QED) is 0.154. The van der Waals surface area contributed by atoms with Gasteiger partial charge in [-0.1, -0.05) is 254 Å². The molecular formula is C68H44. The average molecular weight is 898 g/mol. The normalized spacial score (nSPS) is 19.1. The smallest absolute Gasteiger partial charge is 0.0616 e. The molecular weight excluding hydrogens is 817 g/mol. The summed E-state index contributed by atoms with van der Waals surface area (Å²) in [6.45, 7) is 0. The Balaban J connectivity index is 0.000000188. The summed E-state index contributed by atoms with van der Waals surface area (Å²) in [6.07, 6.45) is 0. The summed E-state index contributed by atoms with van der Waals surface area (Å²) in [7, 11) is 0. The van der Waals surface area contributed by atoms with Crippen LogP contribution in [0.4, 0.5) is 0 Å². The second-order valence-corrected chi connectivity index (χ2v) is 15.0. The first-order valence-electron chi connectivity index (χ1n) is 39.1. The van der Waals surface area contributed by atoms with Gasteiger partial charge in [0.05, 0.1) is 50.7 Å². The molecule has 0 heteroatoms. The standard InChI is InChI=1S/2C34H22/c2*1-2-12-25-22-26(21-20-23(25)10-1)33-29-15-5-7-17-31(29)34(32-18-8-6-16-30(32)33)28-19-9-13-24-11-3-4-14-27(24)28/h2*1-22H/i1D,2D,3D,4D,5D,6D,7D,8D,9D,10D,11D,12D,13D,14D,15D,16D,17D,18D,19D,20D,21D,22D;1D,2D,5D,6D,7D,8D,10D,12D,15D,16D,17D,18D,20D,21D,22D. The zero-order valence-corrected chi connectivity index (χ0v) is 34.5. The minimum Gasteiger partial charge on any atom is -0.0616 e. The summed E-state index contributed by atoms with van der Waals surface area (Å²) in [5, 5.41) is -5.05. The summed E-state index contributed by atoms with van der Waals surface area (Å²) in [5.74, 6) is 0. The first-order valence-corrected chi connectivity index (χ1v) is 20.6. The Morgan fingerprint density at radius 1 is 0.206 bits per heavy atom. The van der Waals surface area contributed by atoms with Crippen molar-refractivity contribution in [3.63, 3.8) is 0 Å². The van der Waals surface area contributed by atoms with Crippen LogP contribution in [0.1, 0.15) is 50.7 Å². The summed E-state index contributed by atoms with van der Waals surface area (Å²) in [6, 6.07) is -16.2. The van der Waals surface area contributed by atoms with E-state index in [4.69, 9.17) is 42.5 Å². The zero-order valence-electron chi connectivity index (χ0n) is 71.5. The van der Waals surface area contributed by atoms with Crippen LogP contribution in [0.3, 0.4) is 0 Å². The maximum Gasteiger partial charge on any atom is 0.0636 e. The first kappa shape index (κ1) is 17.1. The molecule has 14 rings (SSSR count). The van der Waals surface area contributed by atoms with Gasteiger partial charge in [0.2, 0.25) is 0 Å². The topological polar surface area (TPSA) is 0 Å². The zero-order chi connectivity index (χ0) is 77.2. The highest BCUT2D eigenvalue weighted by molar-refractivity contribution is 6.25. The lowest BCUT2D eigenvalue weighted by Gasteiger charge is -2.19. The molecule has 0 aliphatic rings. The highest BCUT2D eigenvalue weighted by Gasteiger charge is 2.20. The van der Waals surface area contributed by atoms with E-state index in [1.54, 1.807) is 24.3 Å². The maximum absolute atomic E-state index is 9.32. The number of benzene rings is 14. The first-order chi connectivity index (χ1) is 49.2. The fourth-order valence-corrected chi connectivity index (χ4v) is 8.53. The van der Waals surface area contributed by atoms with Gasteiger partial charge < -0.3 is 0 Å². The van der Waals surface area contributed by atoms with Gasteiger partial charge in [0.25, 0.3) is 0 Å². The Hall–Kier alpha value is -8.84. The lowest BCUT2D eigenvalue weighted by atomic mass is 9.84. The molecule has 14 aromatic carbocycles. The highest BCUT2D eigenvalue weighted by atomic mass is 14.2. The van der Waals surface area contributed by atoms with Crippen LogP contribution in [-0.2, 0) is 0 Å². The molecule has 0 unspecified atom stereocenters. The molecule has 0 aliphatic carbocycles. The van der Waals surface area contributed by atoms with Crippen molar-refractivity contribution < 1.29 is 50.7 Å². The van der Waals surface area contributed by atoms with Gasteiger partial charge in [-0.2, -0.15) is 0 Å². The Morgan fingerprint density at radius 2 is 0.574 bits per heavy atom. The van der Waals surface area contributed by atoms with E-state index in [0.717, 1.165) is 5.39 Å². The lowest BCUT2D eigenvalue weighted by Crippen LogP contribution is -1.91. The molecule has 0 aromatic heterocycles. The van der Waals surface area contributed by atoms with Gasteiger partial charge in [-0.05, 0) is 143 Å². The van der Waals surface area contributed by atoms with Crippen molar-refractivity contribution in [3.05, 3.63) is 266 Å². The van der Waals surface area contributed by atoms with E-state index >= 15 is 0 Å². The van der Waals surface area contributed by atoms with Gasteiger partial charge in [-0.15, -0.1) is 0 Å². The molecule has 0 heterocycles. The Bertz CT molecular complexity index is 6300. The molecule has 0 saturated heterocycles. The highest BCUT2D eigenvalue weighted by Crippen LogP contribution is 2.47. The van der Waals surface area contributed by atoms with Crippen LogP contribution in [0.25, 0.3) is 131 Å². The van der Waals surface area contributed by atoms with Crippen molar-refractivity contribution in [3.8, 4) is 44.5 Å². The van der Waals surface area contributed by atoms with Crippen molar-refractivity contribution >= 4 is 86.2 Å². The Morgan fingerprint density at radius 3 is 1.07 bits per heavy atom. The van der Waals surface area contributed by atoms with Crippen molar-refractivity contribution in [2.45, 2.75) is 0 Å². The third-order valence-corrected chi connectivity index (χ3v) is 11.4. The van der Waals surface area contributed by atoms with Crippen LogP contribution < -0.4 is 0 Å². The summed E-state index contributed by atoms with van der Waals surface area (Å²) in [5.41, 5.74) is -2.92. The fourth-order valence-electron chi connectivity index (χ4n) is 8.53. The Labute approximate surface area is 447 Å². The second-order valence-electron chi connectivity index (χ2n) is 15.0. The fraction of sp³-hybridized carbons (Fsp3) is 0. The second kappa shape index (κ2) is 16.5. The number of fused-ring (bicyclic) bond motifs is 8. The molecule has 0 amide bonds. The molecule has 0 nitrogen and oxygen atoms in total. The van der Waals surface area contributed by atoms with Crippen LogP contribution in [-0.4, -0.2) is 0 Å².